The van der Waals surface area contributed by atoms with Crippen molar-refractivity contribution in [2.75, 3.05) is 46.9 Å². The van der Waals surface area contributed by atoms with Crippen LogP contribution in [0.3, 0.4) is 0 Å². The van der Waals surface area contributed by atoms with E-state index in [0.29, 0.717) is 6.54 Å². The molecule has 2 heterocycles. The summed E-state index contributed by atoms with van der Waals surface area (Å²) in [6.07, 6.45) is 0. The summed E-state index contributed by atoms with van der Waals surface area (Å²) in [4.78, 5) is 15.2. The average molecular weight is 418 g/mol. The summed E-state index contributed by atoms with van der Waals surface area (Å²) >= 11 is 1.67. The smallest absolute Gasteiger partial charge is 0.194 e. The molecule has 2 aromatic rings. The van der Waals surface area contributed by atoms with Crippen LogP contribution in [0.2, 0.25) is 0 Å². The van der Waals surface area contributed by atoms with Crippen molar-refractivity contribution in [2.24, 2.45) is 4.99 Å². The lowest BCUT2D eigenvalue weighted by molar-refractivity contribution is 0.171. The van der Waals surface area contributed by atoms with Gasteiger partial charge in [0.1, 0.15) is 11.5 Å². The van der Waals surface area contributed by atoms with E-state index >= 15 is 0 Å². The second-order valence-corrected chi connectivity index (χ2v) is 7.91. The third-order valence-corrected chi connectivity index (χ3v) is 6.03. The first-order chi connectivity index (χ1) is 14.1. The Hall–Kier alpha value is -2.32. The molecule has 0 radical (unpaired) electrons. The Labute approximate surface area is 177 Å². The normalized spacial score (nSPS) is 15.4. The van der Waals surface area contributed by atoms with Gasteiger partial charge in [0.2, 0.25) is 0 Å². The fraction of sp³-hybridized carbons (Fsp3) is 0.524. The van der Waals surface area contributed by atoms with Crippen LogP contribution in [0.15, 0.2) is 28.7 Å². The first kappa shape index (κ1) is 21.4. The highest BCUT2D eigenvalue weighted by molar-refractivity contribution is 7.09. The predicted octanol–water partition coefficient (Wildman–Crippen LogP) is 2.75. The first-order valence-electron chi connectivity index (χ1n) is 10.00. The first-order valence-corrected chi connectivity index (χ1v) is 10.9. The predicted molar refractivity (Wildman–Crippen MR) is 118 cm³/mol. The fourth-order valence-corrected chi connectivity index (χ4v) is 4.12. The molecule has 0 unspecified atom stereocenters. The van der Waals surface area contributed by atoms with Gasteiger partial charge in [-0.3, -0.25) is 4.90 Å². The minimum atomic E-state index is 0.681. The molecule has 0 aliphatic carbocycles. The molecule has 8 heteroatoms. The number of guanidine groups is 1. The van der Waals surface area contributed by atoms with Gasteiger partial charge in [-0.1, -0.05) is 0 Å². The third kappa shape index (κ3) is 5.61. The van der Waals surface area contributed by atoms with Gasteiger partial charge in [-0.05, 0) is 32.0 Å². The highest BCUT2D eigenvalue weighted by atomic mass is 32.1. The van der Waals surface area contributed by atoms with Crippen LogP contribution >= 0.6 is 11.3 Å². The molecule has 1 aliphatic heterocycles. The summed E-state index contributed by atoms with van der Waals surface area (Å²) in [6.45, 7) is 10.4. The Morgan fingerprint density at radius 1 is 1.21 bits per heavy atom. The van der Waals surface area contributed by atoms with Crippen molar-refractivity contribution in [1.29, 1.82) is 0 Å². The van der Waals surface area contributed by atoms with Gasteiger partial charge in [-0.25, -0.2) is 9.98 Å². The number of rotatable bonds is 7. The third-order valence-electron chi connectivity index (χ3n) is 5.11. The van der Waals surface area contributed by atoms with Gasteiger partial charge in [-0.2, -0.15) is 0 Å². The number of ether oxygens (including phenoxy) is 2. The summed E-state index contributed by atoms with van der Waals surface area (Å²) in [7, 11) is 3.41. The molecule has 0 spiro atoms. The average Bonchev–Trinajstić information content (AvgIpc) is 3.16. The Bertz CT molecular complexity index is 815. The van der Waals surface area contributed by atoms with Crippen molar-refractivity contribution in [3.8, 4) is 11.5 Å². The van der Waals surface area contributed by atoms with Crippen molar-refractivity contribution < 1.29 is 9.47 Å². The molecular formula is C21H31N5O2S. The second-order valence-electron chi connectivity index (χ2n) is 6.97. The van der Waals surface area contributed by atoms with Crippen LogP contribution in [0.4, 0.5) is 0 Å². The van der Waals surface area contributed by atoms with Crippen LogP contribution in [-0.2, 0) is 13.1 Å². The Morgan fingerprint density at radius 3 is 2.62 bits per heavy atom. The maximum Gasteiger partial charge on any atom is 0.194 e. The summed E-state index contributed by atoms with van der Waals surface area (Å²) in [6, 6.07) is 5.97. The molecule has 1 saturated heterocycles. The van der Waals surface area contributed by atoms with Crippen molar-refractivity contribution in [3.63, 3.8) is 0 Å². The standard InChI is InChI=1S/C21H31N5O2S/c1-5-22-21(23-13-20-16(2)24-15-29-20)26-10-8-25(9-11-26)14-17-12-18(27-3)6-7-19(17)28-4/h6-7,12,15H,5,8-11,13-14H2,1-4H3,(H,22,23). The van der Waals surface area contributed by atoms with Crippen molar-refractivity contribution in [3.05, 3.63) is 39.8 Å². The SMILES string of the molecule is CCNC(=NCc1scnc1C)N1CCN(Cc2cc(OC)ccc2OC)CC1. The maximum absolute atomic E-state index is 5.53. The number of aryl methyl sites for hydroxylation is 1. The number of hydrogen-bond acceptors (Lipinski definition) is 6. The number of aliphatic imine (C=N–C) groups is 1. The van der Waals surface area contributed by atoms with Gasteiger partial charge >= 0.3 is 0 Å². The van der Waals surface area contributed by atoms with E-state index in [9.17, 15) is 0 Å². The number of piperazine rings is 1. The molecule has 1 fully saturated rings. The fourth-order valence-electron chi connectivity index (χ4n) is 3.41. The number of nitrogens with zero attached hydrogens (tertiary/aromatic N) is 4. The van der Waals surface area contributed by atoms with Gasteiger partial charge in [0.05, 0.1) is 32.0 Å². The summed E-state index contributed by atoms with van der Waals surface area (Å²) in [5.74, 6) is 2.75. The lowest BCUT2D eigenvalue weighted by Gasteiger charge is -2.36. The maximum atomic E-state index is 5.53. The Kier molecular flexibility index (Phi) is 7.71. The van der Waals surface area contributed by atoms with E-state index in [-0.39, 0.29) is 0 Å². The molecule has 29 heavy (non-hydrogen) atoms. The molecule has 1 aliphatic rings. The van der Waals surface area contributed by atoms with Crippen LogP contribution in [0.5, 0.6) is 11.5 Å². The lowest BCUT2D eigenvalue weighted by Crippen LogP contribution is -2.52. The molecule has 3 rings (SSSR count). The molecule has 0 saturated carbocycles. The van der Waals surface area contributed by atoms with Gasteiger partial charge in [0.25, 0.3) is 0 Å². The number of benzene rings is 1. The van der Waals surface area contributed by atoms with E-state index < -0.39 is 0 Å². The minimum Gasteiger partial charge on any atom is -0.497 e. The zero-order chi connectivity index (χ0) is 20.6. The largest absolute Gasteiger partial charge is 0.497 e. The molecule has 0 bridgehead atoms. The molecule has 0 atom stereocenters. The lowest BCUT2D eigenvalue weighted by atomic mass is 10.1. The highest BCUT2D eigenvalue weighted by Gasteiger charge is 2.21. The molecule has 1 aromatic heterocycles. The van der Waals surface area contributed by atoms with E-state index in [1.165, 1.54) is 4.88 Å². The van der Waals surface area contributed by atoms with E-state index in [0.717, 1.165) is 68.0 Å². The number of methoxy groups -OCH3 is 2. The number of aromatic nitrogens is 1. The van der Waals surface area contributed by atoms with E-state index in [1.807, 2.05) is 24.6 Å². The van der Waals surface area contributed by atoms with Gasteiger partial charge in [-0.15, -0.1) is 11.3 Å². The van der Waals surface area contributed by atoms with Crippen molar-refractivity contribution >= 4 is 17.3 Å². The zero-order valence-electron chi connectivity index (χ0n) is 17.8. The van der Waals surface area contributed by atoms with E-state index in [1.54, 1.807) is 25.6 Å². The Balaban J connectivity index is 1.60. The number of thiazole rings is 1. The minimum absolute atomic E-state index is 0.681. The quantitative estimate of drug-likeness (QED) is 0.552. The summed E-state index contributed by atoms with van der Waals surface area (Å²) in [5, 5.41) is 3.44. The van der Waals surface area contributed by atoms with Crippen LogP contribution in [0, 0.1) is 6.92 Å². The molecule has 158 valence electrons. The summed E-state index contributed by atoms with van der Waals surface area (Å²) in [5.41, 5.74) is 4.12. The van der Waals surface area contributed by atoms with Crippen LogP contribution < -0.4 is 14.8 Å². The van der Waals surface area contributed by atoms with Crippen molar-refractivity contribution in [2.45, 2.75) is 26.9 Å². The van der Waals surface area contributed by atoms with Crippen molar-refractivity contribution in [1.82, 2.24) is 20.1 Å². The van der Waals surface area contributed by atoms with Gasteiger partial charge in [0, 0.05) is 49.7 Å². The van der Waals surface area contributed by atoms with Gasteiger partial charge < -0.3 is 19.7 Å². The molecule has 7 nitrogen and oxygen atoms in total. The Morgan fingerprint density at radius 2 is 2.00 bits per heavy atom. The van der Waals surface area contributed by atoms with Crippen LogP contribution in [0.1, 0.15) is 23.1 Å². The highest BCUT2D eigenvalue weighted by Crippen LogP contribution is 2.25. The topological polar surface area (TPSA) is 62.2 Å². The molecular weight excluding hydrogens is 386 g/mol. The zero-order valence-corrected chi connectivity index (χ0v) is 18.6. The molecule has 1 N–H and O–H groups in total. The van der Waals surface area contributed by atoms with Gasteiger partial charge in [0.15, 0.2) is 5.96 Å². The molecule has 0 amide bonds. The monoisotopic (exact) mass is 417 g/mol. The number of nitrogens with one attached hydrogen (secondary N) is 1. The number of hydrogen-bond donors (Lipinski definition) is 1. The van der Waals surface area contributed by atoms with Crippen LogP contribution in [0.25, 0.3) is 0 Å². The second kappa shape index (κ2) is 10.5. The van der Waals surface area contributed by atoms with E-state index in [4.69, 9.17) is 14.5 Å². The molecule has 1 aromatic carbocycles. The van der Waals surface area contributed by atoms with E-state index in [2.05, 4.69) is 33.1 Å². The summed E-state index contributed by atoms with van der Waals surface area (Å²) < 4.78 is 10.9. The van der Waals surface area contributed by atoms with Crippen LogP contribution in [-0.4, -0.2) is 67.7 Å².